The molecule has 0 radical (unpaired) electrons. The molecule has 0 amide bonds. The third kappa shape index (κ3) is 5.98. The minimum absolute atomic E-state index is 0.222. The Morgan fingerprint density at radius 1 is 1.39 bits per heavy atom. The first-order valence-electron chi connectivity index (χ1n) is 8.62. The van der Waals surface area contributed by atoms with Gasteiger partial charge in [0.25, 0.3) is 0 Å². The molecule has 0 fully saturated rings. The summed E-state index contributed by atoms with van der Waals surface area (Å²) in [5.74, 6) is 0.343. The summed E-state index contributed by atoms with van der Waals surface area (Å²) in [6.45, 7) is 11.9. The summed E-state index contributed by atoms with van der Waals surface area (Å²) in [4.78, 5) is 12.1. The highest BCUT2D eigenvalue weighted by Crippen LogP contribution is 2.28. The van der Waals surface area contributed by atoms with Gasteiger partial charge in [-0.15, -0.1) is 0 Å². The fourth-order valence-electron chi connectivity index (χ4n) is 2.87. The monoisotopic (exact) mass is 320 g/mol. The van der Waals surface area contributed by atoms with Gasteiger partial charge in [-0.3, -0.25) is 0 Å². The van der Waals surface area contributed by atoms with E-state index in [0.29, 0.717) is 17.9 Å². The molecule has 0 saturated carbocycles. The van der Waals surface area contributed by atoms with Crippen LogP contribution in [-0.4, -0.2) is 23.3 Å². The SMILES string of the molecule is CC=C(C)C(=O)OC1CC=C(C)CCC(C(C)C)C(O)C=C1C. The van der Waals surface area contributed by atoms with Crippen LogP contribution in [0.25, 0.3) is 0 Å². The first-order chi connectivity index (χ1) is 10.8. The van der Waals surface area contributed by atoms with E-state index < -0.39 is 6.10 Å². The van der Waals surface area contributed by atoms with E-state index in [-0.39, 0.29) is 18.0 Å². The predicted molar refractivity (Wildman–Crippen MR) is 95.0 cm³/mol. The van der Waals surface area contributed by atoms with Crippen LogP contribution in [0, 0.1) is 11.8 Å². The largest absolute Gasteiger partial charge is 0.454 e. The van der Waals surface area contributed by atoms with Crippen molar-refractivity contribution >= 4 is 5.97 Å². The first-order valence-corrected chi connectivity index (χ1v) is 8.62. The summed E-state index contributed by atoms with van der Waals surface area (Å²) in [7, 11) is 0. The van der Waals surface area contributed by atoms with E-state index in [1.165, 1.54) is 5.57 Å². The van der Waals surface area contributed by atoms with Crippen molar-refractivity contribution in [1.82, 2.24) is 0 Å². The molecule has 3 unspecified atom stereocenters. The second kappa shape index (κ2) is 9.07. The van der Waals surface area contributed by atoms with E-state index in [0.717, 1.165) is 18.4 Å². The zero-order chi connectivity index (χ0) is 17.6. The third-order valence-electron chi connectivity index (χ3n) is 4.79. The maximum atomic E-state index is 12.1. The van der Waals surface area contributed by atoms with E-state index in [2.05, 4.69) is 26.8 Å². The fraction of sp³-hybridized carbons (Fsp3) is 0.650. The van der Waals surface area contributed by atoms with Gasteiger partial charge in [-0.2, -0.15) is 0 Å². The van der Waals surface area contributed by atoms with E-state index in [4.69, 9.17) is 4.74 Å². The van der Waals surface area contributed by atoms with E-state index in [9.17, 15) is 9.90 Å². The second-order valence-corrected chi connectivity index (χ2v) is 7.00. The molecule has 0 bridgehead atoms. The number of aliphatic hydroxyl groups is 1. The van der Waals surface area contributed by atoms with E-state index in [1.54, 1.807) is 13.0 Å². The summed E-state index contributed by atoms with van der Waals surface area (Å²) >= 11 is 0. The van der Waals surface area contributed by atoms with E-state index in [1.807, 2.05) is 19.9 Å². The van der Waals surface area contributed by atoms with E-state index >= 15 is 0 Å². The van der Waals surface area contributed by atoms with Crippen LogP contribution in [-0.2, 0) is 9.53 Å². The summed E-state index contributed by atoms with van der Waals surface area (Å²) in [5, 5.41) is 10.6. The molecule has 1 aliphatic rings. The van der Waals surface area contributed by atoms with Crippen LogP contribution in [0.15, 0.2) is 34.9 Å². The van der Waals surface area contributed by atoms with Crippen LogP contribution in [0.5, 0.6) is 0 Å². The Bertz CT molecular complexity index is 497. The number of hydrogen-bond acceptors (Lipinski definition) is 3. The molecule has 1 N–H and O–H groups in total. The van der Waals surface area contributed by atoms with Gasteiger partial charge in [0.05, 0.1) is 6.10 Å². The normalized spacial score (nSPS) is 27.3. The van der Waals surface area contributed by atoms with Crippen LogP contribution in [0.1, 0.15) is 60.8 Å². The lowest BCUT2D eigenvalue weighted by molar-refractivity contribution is -0.142. The van der Waals surface area contributed by atoms with Crippen molar-refractivity contribution in [2.45, 2.75) is 73.0 Å². The van der Waals surface area contributed by atoms with Gasteiger partial charge in [-0.1, -0.05) is 37.6 Å². The second-order valence-electron chi connectivity index (χ2n) is 7.00. The van der Waals surface area contributed by atoms with Crippen molar-refractivity contribution in [3.8, 4) is 0 Å². The maximum absolute atomic E-state index is 12.1. The standard InChI is InChI=1S/C20H32O3/c1-7-15(5)20(22)23-19-11-9-14(4)8-10-17(13(2)3)18(21)12-16(19)6/h7,9,12-13,17-19,21H,8,10-11H2,1-6H3. The smallest absolute Gasteiger partial charge is 0.333 e. The molecule has 3 nitrogen and oxygen atoms in total. The Kier molecular flexibility index (Phi) is 7.77. The molecular weight excluding hydrogens is 288 g/mol. The molecule has 0 spiro atoms. The Hall–Kier alpha value is -1.35. The highest BCUT2D eigenvalue weighted by molar-refractivity contribution is 5.87. The molecule has 23 heavy (non-hydrogen) atoms. The van der Waals surface area contributed by atoms with Crippen LogP contribution in [0.4, 0.5) is 0 Å². The topological polar surface area (TPSA) is 46.5 Å². The van der Waals surface area contributed by atoms with Gasteiger partial charge >= 0.3 is 5.97 Å². The third-order valence-corrected chi connectivity index (χ3v) is 4.79. The van der Waals surface area contributed by atoms with Gasteiger partial charge in [-0.05, 0) is 57.9 Å². The number of hydrogen-bond donors (Lipinski definition) is 1. The molecular formula is C20H32O3. The van der Waals surface area contributed by atoms with Gasteiger partial charge in [0.15, 0.2) is 0 Å². The Morgan fingerprint density at radius 2 is 2.04 bits per heavy atom. The number of carbonyl (C=O) groups excluding carboxylic acids is 1. The van der Waals surface area contributed by atoms with Crippen molar-refractivity contribution in [1.29, 1.82) is 0 Å². The van der Waals surface area contributed by atoms with Crippen LogP contribution in [0.3, 0.4) is 0 Å². The zero-order valence-corrected chi connectivity index (χ0v) is 15.4. The Morgan fingerprint density at radius 3 is 2.61 bits per heavy atom. The minimum atomic E-state index is -0.495. The fourth-order valence-corrected chi connectivity index (χ4v) is 2.87. The maximum Gasteiger partial charge on any atom is 0.333 e. The summed E-state index contributed by atoms with van der Waals surface area (Å²) < 4.78 is 5.65. The molecule has 0 heterocycles. The molecule has 1 aliphatic carbocycles. The minimum Gasteiger partial charge on any atom is -0.454 e. The highest BCUT2D eigenvalue weighted by Gasteiger charge is 2.24. The van der Waals surface area contributed by atoms with Gasteiger partial charge in [-0.25, -0.2) is 4.79 Å². The van der Waals surface area contributed by atoms with Crippen LogP contribution < -0.4 is 0 Å². The number of rotatable bonds is 3. The van der Waals surface area contributed by atoms with Gasteiger partial charge < -0.3 is 9.84 Å². The average Bonchev–Trinajstić information content (AvgIpc) is 2.49. The lowest BCUT2D eigenvalue weighted by Crippen LogP contribution is -2.27. The summed E-state index contributed by atoms with van der Waals surface area (Å²) in [5.41, 5.74) is 2.82. The molecule has 0 aromatic rings. The number of carbonyl (C=O) groups is 1. The number of allylic oxidation sites excluding steroid dienone is 2. The molecule has 0 saturated heterocycles. The lowest BCUT2D eigenvalue weighted by Gasteiger charge is -2.27. The van der Waals surface area contributed by atoms with Crippen molar-refractivity contribution in [3.63, 3.8) is 0 Å². The predicted octanol–water partition coefficient (Wildman–Crippen LogP) is 4.57. The summed E-state index contributed by atoms with van der Waals surface area (Å²) in [6.07, 6.45) is 7.60. The van der Waals surface area contributed by atoms with Crippen molar-refractivity contribution in [2.75, 3.05) is 0 Å². The number of esters is 1. The molecule has 3 atom stereocenters. The average molecular weight is 320 g/mol. The molecule has 0 aromatic carbocycles. The molecule has 1 rings (SSSR count). The lowest BCUT2D eigenvalue weighted by atomic mass is 9.83. The highest BCUT2D eigenvalue weighted by atomic mass is 16.5. The van der Waals surface area contributed by atoms with Crippen molar-refractivity contribution in [3.05, 3.63) is 34.9 Å². The quantitative estimate of drug-likeness (QED) is 0.470. The van der Waals surface area contributed by atoms with Crippen LogP contribution >= 0.6 is 0 Å². The first kappa shape index (κ1) is 19.7. The van der Waals surface area contributed by atoms with Gasteiger partial charge in [0.2, 0.25) is 0 Å². The molecule has 130 valence electrons. The zero-order valence-electron chi connectivity index (χ0n) is 15.4. The molecule has 0 aliphatic heterocycles. The van der Waals surface area contributed by atoms with Gasteiger partial charge in [0.1, 0.15) is 6.10 Å². The van der Waals surface area contributed by atoms with Gasteiger partial charge in [0, 0.05) is 12.0 Å². The number of aliphatic hydroxyl groups excluding tert-OH is 1. The molecule has 3 heteroatoms. The summed E-state index contributed by atoms with van der Waals surface area (Å²) in [6, 6.07) is 0. The molecule has 0 aromatic heterocycles. The number of ether oxygens (including phenoxy) is 1. The van der Waals surface area contributed by atoms with Crippen molar-refractivity contribution in [2.24, 2.45) is 11.8 Å². The van der Waals surface area contributed by atoms with Crippen molar-refractivity contribution < 1.29 is 14.6 Å². The Labute approximate surface area is 141 Å². The van der Waals surface area contributed by atoms with Crippen LogP contribution in [0.2, 0.25) is 0 Å². The Balaban J connectivity index is 3.04.